The van der Waals surface area contributed by atoms with Crippen LogP contribution in [0.15, 0.2) is 66.7 Å². The molecule has 1 unspecified atom stereocenters. The van der Waals surface area contributed by atoms with Crippen LogP contribution in [0.2, 0.25) is 15.1 Å². The Morgan fingerprint density at radius 1 is 0.906 bits per heavy atom. The summed E-state index contributed by atoms with van der Waals surface area (Å²) in [6.45, 7) is 1.48. The maximum absolute atomic E-state index is 13.1. The standard InChI is InChI=1S/C23H21Cl3N2O3S/c1-15-7-6-10-17(11-15)23(16-8-4-3-5-9-16)27-22(29)14-28(32(2,30)31)21-13-19(25)18(24)12-20(21)26/h3-13,23H,14H2,1-2H3,(H,27,29). The van der Waals surface area contributed by atoms with Crippen LogP contribution in [0.5, 0.6) is 0 Å². The largest absolute Gasteiger partial charge is 0.344 e. The summed E-state index contributed by atoms with van der Waals surface area (Å²) in [6.07, 6.45) is 0.994. The number of carbonyl (C=O) groups excluding carboxylic acids is 1. The minimum Gasteiger partial charge on any atom is -0.344 e. The van der Waals surface area contributed by atoms with Gasteiger partial charge in [0.1, 0.15) is 6.54 Å². The van der Waals surface area contributed by atoms with E-state index in [1.807, 2.05) is 61.5 Å². The quantitative estimate of drug-likeness (QED) is 0.418. The molecule has 1 amide bonds. The second-order valence-electron chi connectivity index (χ2n) is 7.31. The van der Waals surface area contributed by atoms with E-state index in [1.165, 1.54) is 12.1 Å². The minimum absolute atomic E-state index is 0.0657. The van der Waals surface area contributed by atoms with Gasteiger partial charge in [-0.3, -0.25) is 9.10 Å². The van der Waals surface area contributed by atoms with Gasteiger partial charge in [-0.05, 0) is 30.2 Å². The van der Waals surface area contributed by atoms with Crippen molar-refractivity contribution < 1.29 is 13.2 Å². The first-order chi connectivity index (χ1) is 15.1. The van der Waals surface area contributed by atoms with Crippen molar-refractivity contribution in [2.45, 2.75) is 13.0 Å². The van der Waals surface area contributed by atoms with Crippen molar-refractivity contribution in [3.05, 3.63) is 98.5 Å². The first-order valence-electron chi connectivity index (χ1n) is 9.59. The van der Waals surface area contributed by atoms with Crippen LogP contribution in [0, 0.1) is 6.92 Å². The monoisotopic (exact) mass is 510 g/mol. The highest BCUT2D eigenvalue weighted by Crippen LogP contribution is 2.35. The minimum atomic E-state index is -3.85. The van der Waals surface area contributed by atoms with Crippen molar-refractivity contribution in [3.63, 3.8) is 0 Å². The Balaban J connectivity index is 1.94. The summed E-state index contributed by atoms with van der Waals surface area (Å²) in [5.74, 6) is -0.507. The van der Waals surface area contributed by atoms with E-state index in [4.69, 9.17) is 34.8 Å². The van der Waals surface area contributed by atoms with Gasteiger partial charge in [0.15, 0.2) is 0 Å². The predicted molar refractivity (Wildman–Crippen MR) is 131 cm³/mol. The van der Waals surface area contributed by atoms with E-state index in [0.29, 0.717) is 0 Å². The molecule has 0 heterocycles. The lowest BCUT2D eigenvalue weighted by Crippen LogP contribution is -2.42. The Morgan fingerprint density at radius 2 is 1.53 bits per heavy atom. The number of amides is 1. The zero-order valence-corrected chi connectivity index (χ0v) is 20.4. The second-order valence-corrected chi connectivity index (χ2v) is 10.4. The number of carbonyl (C=O) groups is 1. The topological polar surface area (TPSA) is 66.5 Å². The zero-order valence-electron chi connectivity index (χ0n) is 17.3. The Kier molecular flexibility index (Phi) is 7.72. The number of hydrogen-bond acceptors (Lipinski definition) is 3. The fraction of sp³-hybridized carbons (Fsp3) is 0.174. The first kappa shape index (κ1) is 24.4. The molecule has 0 aliphatic carbocycles. The van der Waals surface area contributed by atoms with Gasteiger partial charge in [-0.15, -0.1) is 0 Å². The highest BCUT2D eigenvalue weighted by Gasteiger charge is 2.26. The maximum atomic E-state index is 13.1. The molecule has 1 atom stereocenters. The normalized spacial score (nSPS) is 12.3. The molecule has 9 heteroatoms. The fourth-order valence-electron chi connectivity index (χ4n) is 3.28. The van der Waals surface area contributed by atoms with Gasteiger partial charge in [-0.25, -0.2) is 8.42 Å². The van der Waals surface area contributed by atoms with Crippen molar-refractivity contribution in [2.24, 2.45) is 0 Å². The first-order valence-corrected chi connectivity index (χ1v) is 12.6. The second kappa shape index (κ2) is 10.1. The molecule has 0 radical (unpaired) electrons. The molecule has 5 nitrogen and oxygen atoms in total. The zero-order chi connectivity index (χ0) is 23.5. The Bertz CT molecular complexity index is 1230. The molecule has 3 aromatic rings. The van der Waals surface area contributed by atoms with Crippen LogP contribution in [-0.2, 0) is 14.8 Å². The van der Waals surface area contributed by atoms with Gasteiger partial charge in [0, 0.05) is 0 Å². The molecule has 0 bridgehead atoms. The van der Waals surface area contributed by atoms with Crippen LogP contribution >= 0.6 is 34.8 Å². The molecule has 168 valence electrons. The fourth-order valence-corrected chi connectivity index (χ4v) is 4.83. The lowest BCUT2D eigenvalue weighted by atomic mass is 9.97. The van der Waals surface area contributed by atoms with E-state index in [9.17, 15) is 13.2 Å². The van der Waals surface area contributed by atoms with E-state index in [2.05, 4.69) is 5.32 Å². The molecule has 1 N–H and O–H groups in total. The van der Waals surface area contributed by atoms with Crippen molar-refractivity contribution >= 4 is 56.4 Å². The van der Waals surface area contributed by atoms with Crippen LogP contribution in [0.3, 0.4) is 0 Å². The number of nitrogens with zero attached hydrogens (tertiary/aromatic N) is 1. The number of benzene rings is 3. The summed E-state index contributed by atoms with van der Waals surface area (Å²) in [7, 11) is -3.85. The Hall–Kier alpha value is -2.25. The van der Waals surface area contributed by atoms with E-state index in [0.717, 1.165) is 27.3 Å². The molecule has 32 heavy (non-hydrogen) atoms. The van der Waals surface area contributed by atoms with E-state index < -0.39 is 28.5 Å². The lowest BCUT2D eigenvalue weighted by molar-refractivity contribution is -0.120. The van der Waals surface area contributed by atoms with Crippen LogP contribution < -0.4 is 9.62 Å². The molecular formula is C23H21Cl3N2O3S. The molecule has 3 rings (SSSR count). The highest BCUT2D eigenvalue weighted by molar-refractivity contribution is 7.92. The van der Waals surface area contributed by atoms with Crippen LogP contribution in [0.25, 0.3) is 0 Å². The lowest BCUT2D eigenvalue weighted by Gasteiger charge is -2.26. The van der Waals surface area contributed by atoms with Crippen LogP contribution in [-0.4, -0.2) is 27.1 Å². The Labute approximate surface area is 203 Å². The van der Waals surface area contributed by atoms with Crippen molar-refractivity contribution in [1.29, 1.82) is 0 Å². The molecule has 0 aromatic heterocycles. The van der Waals surface area contributed by atoms with Gasteiger partial charge in [0.2, 0.25) is 15.9 Å². The molecular weight excluding hydrogens is 491 g/mol. The number of nitrogens with one attached hydrogen (secondary N) is 1. The summed E-state index contributed by atoms with van der Waals surface area (Å²) in [5, 5.41) is 3.32. The maximum Gasteiger partial charge on any atom is 0.241 e. The predicted octanol–water partition coefficient (Wildman–Crippen LogP) is 5.63. The summed E-state index contributed by atoms with van der Waals surface area (Å²) in [6, 6.07) is 19.4. The molecule has 0 fully saturated rings. The van der Waals surface area contributed by atoms with Crippen molar-refractivity contribution in [1.82, 2.24) is 5.32 Å². The average molecular weight is 512 g/mol. The average Bonchev–Trinajstić information content (AvgIpc) is 2.73. The SMILES string of the molecule is Cc1cccc(C(NC(=O)CN(c2cc(Cl)c(Cl)cc2Cl)S(C)(=O)=O)c2ccccc2)c1. The van der Waals surface area contributed by atoms with Crippen molar-refractivity contribution in [3.8, 4) is 0 Å². The summed E-state index contributed by atoms with van der Waals surface area (Å²) in [4.78, 5) is 13.1. The number of rotatable bonds is 7. The van der Waals surface area contributed by atoms with Crippen LogP contribution in [0.1, 0.15) is 22.7 Å². The summed E-state index contributed by atoms with van der Waals surface area (Å²) >= 11 is 18.2. The van der Waals surface area contributed by atoms with E-state index in [1.54, 1.807) is 0 Å². The van der Waals surface area contributed by atoms with Gasteiger partial charge >= 0.3 is 0 Å². The number of halogens is 3. The molecule has 0 saturated heterocycles. The van der Waals surface area contributed by atoms with Gasteiger partial charge in [-0.2, -0.15) is 0 Å². The van der Waals surface area contributed by atoms with Gasteiger partial charge in [-0.1, -0.05) is 95.0 Å². The number of hydrogen-bond donors (Lipinski definition) is 1. The van der Waals surface area contributed by atoms with Crippen LogP contribution in [0.4, 0.5) is 5.69 Å². The third-order valence-corrected chi connectivity index (χ3v) is 6.91. The number of sulfonamides is 1. The van der Waals surface area contributed by atoms with Gasteiger partial charge in [0.05, 0.1) is 33.1 Å². The number of anilines is 1. The molecule has 0 aliphatic rings. The van der Waals surface area contributed by atoms with Gasteiger partial charge in [0.25, 0.3) is 0 Å². The molecule has 0 saturated carbocycles. The highest BCUT2D eigenvalue weighted by atomic mass is 35.5. The van der Waals surface area contributed by atoms with Crippen molar-refractivity contribution in [2.75, 3.05) is 17.1 Å². The van der Waals surface area contributed by atoms with Gasteiger partial charge < -0.3 is 5.32 Å². The molecule has 0 spiro atoms. The third-order valence-electron chi connectivity index (χ3n) is 4.76. The van der Waals surface area contributed by atoms with E-state index in [-0.39, 0.29) is 20.8 Å². The van der Waals surface area contributed by atoms with E-state index >= 15 is 0 Å². The smallest absolute Gasteiger partial charge is 0.241 e. The summed E-state index contributed by atoms with van der Waals surface area (Å²) < 4.78 is 25.9. The summed E-state index contributed by atoms with van der Waals surface area (Å²) in [5.41, 5.74) is 2.86. The molecule has 3 aromatic carbocycles. The Morgan fingerprint density at radius 3 is 2.16 bits per heavy atom. The molecule has 0 aliphatic heterocycles. The third kappa shape index (κ3) is 5.95. The number of aryl methyl sites for hydroxylation is 1.